The van der Waals surface area contributed by atoms with E-state index in [1.807, 2.05) is 34.5 Å². The number of carbonyl (C=O) groups is 1. The average molecular weight is 373 g/mol. The molecule has 1 saturated heterocycles. The number of piperidine rings is 1. The Morgan fingerprint density at radius 1 is 1.38 bits per heavy atom. The average Bonchev–Trinajstić information content (AvgIpc) is 3.10. The molecule has 8 heteroatoms. The molecule has 1 unspecified atom stereocenters. The number of hydrogen-bond acceptors (Lipinski definition) is 6. The highest BCUT2D eigenvalue weighted by atomic mass is 32.1. The van der Waals surface area contributed by atoms with Gasteiger partial charge < -0.3 is 16.2 Å². The topological polar surface area (TPSA) is 115 Å². The van der Waals surface area contributed by atoms with Gasteiger partial charge in [0.05, 0.1) is 5.69 Å². The SMILES string of the molecule is CC(C(=O)O)N1CCC(Nc2nc(-c3ccc(C(=N)N)cc3)cs2)CC1. The van der Waals surface area contributed by atoms with E-state index in [0.717, 1.165) is 42.3 Å². The summed E-state index contributed by atoms with van der Waals surface area (Å²) < 4.78 is 0. The van der Waals surface area contributed by atoms with Crippen LogP contribution in [0.3, 0.4) is 0 Å². The van der Waals surface area contributed by atoms with E-state index in [1.165, 1.54) is 0 Å². The zero-order valence-corrected chi connectivity index (χ0v) is 15.4. The second-order valence-electron chi connectivity index (χ2n) is 6.50. The molecule has 0 bridgehead atoms. The lowest BCUT2D eigenvalue weighted by atomic mass is 10.0. The fourth-order valence-electron chi connectivity index (χ4n) is 3.06. The molecular formula is C18H23N5O2S. The van der Waals surface area contributed by atoms with Gasteiger partial charge in [0.2, 0.25) is 0 Å². The van der Waals surface area contributed by atoms with Crippen molar-refractivity contribution in [2.24, 2.45) is 5.73 Å². The van der Waals surface area contributed by atoms with Gasteiger partial charge in [-0.25, -0.2) is 4.98 Å². The fourth-order valence-corrected chi connectivity index (χ4v) is 3.85. The van der Waals surface area contributed by atoms with Crippen LogP contribution in [0.15, 0.2) is 29.6 Å². The van der Waals surface area contributed by atoms with Gasteiger partial charge in [-0.1, -0.05) is 24.3 Å². The van der Waals surface area contributed by atoms with Crippen LogP contribution in [0.4, 0.5) is 5.13 Å². The quantitative estimate of drug-likeness (QED) is 0.457. The first-order valence-electron chi connectivity index (χ1n) is 8.58. The molecule has 26 heavy (non-hydrogen) atoms. The van der Waals surface area contributed by atoms with Crippen molar-refractivity contribution in [3.05, 3.63) is 35.2 Å². The molecule has 2 aromatic rings. The number of benzene rings is 1. The molecule has 0 radical (unpaired) electrons. The van der Waals surface area contributed by atoms with Crippen LogP contribution in [0.25, 0.3) is 11.3 Å². The minimum absolute atomic E-state index is 0.0562. The molecule has 2 heterocycles. The number of anilines is 1. The van der Waals surface area contributed by atoms with E-state index < -0.39 is 12.0 Å². The normalized spacial score (nSPS) is 17.0. The third kappa shape index (κ3) is 4.20. The van der Waals surface area contributed by atoms with Crippen molar-refractivity contribution in [3.8, 4) is 11.3 Å². The molecule has 0 saturated carbocycles. The van der Waals surface area contributed by atoms with Crippen LogP contribution < -0.4 is 11.1 Å². The van der Waals surface area contributed by atoms with Crippen molar-refractivity contribution in [1.29, 1.82) is 5.41 Å². The maximum absolute atomic E-state index is 11.1. The number of likely N-dealkylation sites (tertiary alicyclic amines) is 1. The monoisotopic (exact) mass is 373 g/mol. The summed E-state index contributed by atoms with van der Waals surface area (Å²) in [5.41, 5.74) is 8.06. The first-order valence-corrected chi connectivity index (χ1v) is 9.45. The van der Waals surface area contributed by atoms with E-state index in [1.54, 1.807) is 18.3 Å². The Kier molecular flexibility index (Phi) is 5.53. The van der Waals surface area contributed by atoms with Crippen LogP contribution in [-0.2, 0) is 4.79 Å². The lowest BCUT2D eigenvalue weighted by Gasteiger charge is -2.34. The number of carboxylic acid groups (broad SMARTS) is 1. The highest BCUT2D eigenvalue weighted by Gasteiger charge is 2.26. The number of nitrogens with zero attached hydrogens (tertiary/aromatic N) is 2. The third-order valence-electron chi connectivity index (χ3n) is 4.76. The number of nitrogens with two attached hydrogens (primary N) is 1. The van der Waals surface area contributed by atoms with Crippen LogP contribution in [0, 0.1) is 5.41 Å². The molecule has 5 N–H and O–H groups in total. The lowest BCUT2D eigenvalue weighted by Crippen LogP contribution is -2.46. The van der Waals surface area contributed by atoms with E-state index in [-0.39, 0.29) is 5.84 Å². The third-order valence-corrected chi connectivity index (χ3v) is 5.53. The van der Waals surface area contributed by atoms with Crippen molar-refractivity contribution < 1.29 is 9.90 Å². The Bertz CT molecular complexity index is 781. The Hall–Kier alpha value is -2.45. The second-order valence-corrected chi connectivity index (χ2v) is 7.36. The van der Waals surface area contributed by atoms with E-state index >= 15 is 0 Å². The van der Waals surface area contributed by atoms with Crippen molar-refractivity contribution >= 4 is 28.3 Å². The number of amidine groups is 1. The van der Waals surface area contributed by atoms with Crippen LogP contribution in [-0.4, -0.2) is 52.0 Å². The first kappa shape index (κ1) is 18.3. The molecule has 1 aliphatic heterocycles. The predicted octanol–water partition coefficient (Wildman–Crippen LogP) is 2.44. The largest absolute Gasteiger partial charge is 0.480 e. The molecule has 1 fully saturated rings. The van der Waals surface area contributed by atoms with Crippen LogP contribution in [0.2, 0.25) is 0 Å². The van der Waals surface area contributed by atoms with Gasteiger partial charge in [-0.15, -0.1) is 11.3 Å². The van der Waals surface area contributed by atoms with Gasteiger partial charge in [-0.2, -0.15) is 0 Å². The zero-order valence-electron chi connectivity index (χ0n) is 14.6. The molecule has 0 amide bonds. The summed E-state index contributed by atoms with van der Waals surface area (Å²) in [6.45, 7) is 3.28. The number of hydrogen-bond donors (Lipinski definition) is 4. The van der Waals surface area contributed by atoms with Crippen molar-refractivity contribution in [3.63, 3.8) is 0 Å². The van der Waals surface area contributed by atoms with Crippen LogP contribution in [0.1, 0.15) is 25.3 Å². The lowest BCUT2D eigenvalue weighted by molar-refractivity contribution is -0.143. The molecule has 1 aromatic heterocycles. The Morgan fingerprint density at radius 2 is 2.04 bits per heavy atom. The predicted molar refractivity (Wildman–Crippen MR) is 104 cm³/mol. The Balaban J connectivity index is 1.57. The van der Waals surface area contributed by atoms with Gasteiger partial charge in [0.25, 0.3) is 0 Å². The van der Waals surface area contributed by atoms with Gasteiger partial charge in [-0.05, 0) is 19.8 Å². The van der Waals surface area contributed by atoms with Crippen molar-refractivity contribution in [2.45, 2.75) is 31.8 Å². The number of rotatable bonds is 6. The van der Waals surface area contributed by atoms with Gasteiger partial charge in [0.1, 0.15) is 11.9 Å². The maximum Gasteiger partial charge on any atom is 0.320 e. The van der Waals surface area contributed by atoms with E-state index in [4.69, 9.17) is 16.2 Å². The molecule has 0 spiro atoms. The highest BCUT2D eigenvalue weighted by Crippen LogP contribution is 2.27. The van der Waals surface area contributed by atoms with Gasteiger partial charge in [0.15, 0.2) is 5.13 Å². The van der Waals surface area contributed by atoms with Crippen LogP contribution >= 0.6 is 11.3 Å². The van der Waals surface area contributed by atoms with Crippen molar-refractivity contribution in [2.75, 3.05) is 18.4 Å². The summed E-state index contributed by atoms with van der Waals surface area (Å²) in [4.78, 5) is 17.7. The minimum atomic E-state index is -0.767. The minimum Gasteiger partial charge on any atom is -0.480 e. The summed E-state index contributed by atoms with van der Waals surface area (Å²) in [6, 6.07) is 7.36. The van der Waals surface area contributed by atoms with Crippen molar-refractivity contribution in [1.82, 2.24) is 9.88 Å². The maximum atomic E-state index is 11.1. The molecule has 1 aromatic carbocycles. The number of thiazole rings is 1. The molecule has 7 nitrogen and oxygen atoms in total. The summed E-state index contributed by atoms with van der Waals surface area (Å²) in [5.74, 6) is -0.711. The fraction of sp³-hybridized carbons (Fsp3) is 0.389. The van der Waals surface area contributed by atoms with Gasteiger partial charge in [0, 0.05) is 35.6 Å². The Morgan fingerprint density at radius 3 is 2.62 bits per heavy atom. The highest BCUT2D eigenvalue weighted by molar-refractivity contribution is 7.14. The summed E-state index contributed by atoms with van der Waals surface area (Å²) in [6.07, 6.45) is 1.81. The van der Waals surface area contributed by atoms with E-state index in [0.29, 0.717) is 11.6 Å². The summed E-state index contributed by atoms with van der Waals surface area (Å²) in [7, 11) is 0. The van der Waals surface area contributed by atoms with E-state index in [9.17, 15) is 4.79 Å². The summed E-state index contributed by atoms with van der Waals surface area (Å²) >= 11 is 1.56. The molecule has 138 valence electrons. The number of nitrogen functional groups attached to an aromatic ring is 1. The van der Waals surface area contributed by atoms with E-state index in [2.05, 4.69) is 10.3 Å². The van der Waals surface area contributed by atoms with Crippen LogP contribution in [0.5, 0.6) is 0 Å². The second kappa shape index (κ2) is 7.84. The number of carboxylic acids is 1. The zero-order chi connectivity index (χ0) is 18.7. The molecule has 1 atom stereocenters. The number of aliphatic carboxylic acids is 1. The van der Waals surface area contributed by atoms with Gasteiger partial charge in [-0.3, -0.25) is 15.1 Å². The first-order chi connectivity index (χ1) is 12.4. The summed E-state index contributed by atoms with van der Waals surface area (Å²) in [5, 5.41) is 22.9. The molecular weight excluding hydrogens is 350 g/mol. The molecule has 3 rings (SSSR count). The smallest absolute Gasteiger partial charge is 0.320 e. The Labute approximate surface area is 156 Å². The van der Waals surface area contributed by atoms with Gasteiger partial charge >= 0.3 is 5.97 Å². The molecule has 0 aliphatic carbocycles. The number of aromatic nitrogens is 1. The standard InChI is InChI=1S/C18H23N5O2S/c1-11(17(24)25)23-8-6-14(7-9-23)21-18-22-15(10-26-18)12-2-4-13(5-3-12)16(19)20/h2-5,10-11,14H,6-9H2,1H3,(H3,19,20)(H,21,22)(H,24,25). The number of nitrogens with one attached hydrogen (secondary N) is 2. The molecule has 1 aliphatic rings.